The summed E-state index contributed by atoms with van der Waals surface area (Å²) in [6, 6.07) is 6.56. The highest BCUT2D eigenvalue weighted by molar-refractivity contribution is 7.92. The number of halogens is 3. The van der Waals surface area contributed by atoms with Crippen LogP contribution in [-0.2, 0) is 19.9 Å². The van der Waals surface area contributed by atoms with Crippen molar-refractivity contribution in [1.29, 1.82) is 0 Å². The normalized spacial score (nSPS) is 21.8. The lowest BCUT2D eigenvalue weighted by molar-refractivity contribution is -0.130. The van der Waals surface area contributed by atoms with E-state index in [2.05, 4.69) is 4.72 Å². The molecule has 1 aromatic rings. The minimum atomic E-state index is -4.53. The van der Waals surface area contributed by atoms with Crippen molar-refractivity contribution in [2.24, 2.45) is 5.92 Å². The van der Waals surface area contributed by atoms with Crippen LogP contribution in [0.15, 0.2) is 29.2 Å². The molecule has 0 atom stereocenters. The van der Waals surface area contributed by atoms with Crippen LogP contribution in [0.1, 0.15) is 24.8 Å². The van der Waals surface area contributed by atoms with E-state index in [1.54, 1.807) is 25.1 Å². The summed E-state index contributed by atoms with van der Waals surface area (Å²) >= 11 is 0. The highest BCUT2D eigenvalue weighted by Crippen LogP contribution is 2.36. The molecule has 0 spiro atoms. The Hall–Kier alpha value is -1.13. The van der Waals surface area contributed by atoms with Gasteiger partial charge in [-0.05, 0) is 43.4 Å². The second-order valence-electron chi connectivity index (χ2n) is 6.35. The van der Waals surface area contributed by atoms with Crippen LogP contribution < -0.4 is 4.72 Å². The zero-order valence-corrected chi connectivity index (χ0v) is 15.2. The number of nitrogens with one attached hydrogen (secondary N) is 1. The molecule has 1 fully saturated rings. The highest BCUT2D eigenvalue weighted by Gasteiger charge is 2.40. The summed E-state index contributed by atoms with van der Waals surface area (Å²) in [6.07, 6.45) is -5.36. The molecule has 1 saturated carbocycles. The van der Waals surface area contributed by atoms with Gasteiger partial charge in [0.1, 0.15) is 0 Å². The molecule has 0 saturated heterocycles. The van der Waals surface area contributed by atoms with E-state index in [9.17, 15) is 30.0 Å². The minimum absolute atomic E-state index is 0.0416. The fourth-order valence-electron chi connectivity index (χ4n) is 2.65. The summed E-state index contributed by atoms with van der Waals surface area (Å²) in [5.41, 5.74) is 0.828. The number of rotatable bonds is 7. The molecule has 0 bridgehead atoms. The first kappa shape index (κ1) is 20.2. The predicted molar refractivity (Wildman–Crippen MR) is 87.3 cm³/mol. The molecule has 10 heteroatoms. The molecule has 0 aromatic heterocycles. The summed E-state index contributed by atoms with van der Waals surface area (Å²) in [4.78, 5) is 0.238. The van der Waals surface area contributed by atoms with Gasteiger partial charge in [0, 0.05) is 6.54 Å². The Labute approximate surface area is 145 Å². The maximum atomic E-state index is 12.5. The maximum absolute atomic E-state index is 12.5. The average Bonchev–Trinajstić information content (AvgIpc) is 2.42. The van der Waals surface area contributed by atoms with Crippen molar-refractivity contribution < 1.29 is 30.0 Å². The summed E-state index contributed by atoms with van der Waals surface area (Å²) in [5.74, 6) is -1.21. The van der Waals surface area contributed by atoms with Gasteiger partial charge in [-0.25, -0.2) is 21.6 Å². The van der Waals surface area contributed by atoms with Gasteiger partial charge in [-0.3, -0.25) is 0 Å². The van der Waals surface area contributed by atoms with Crippen molar-refractivity contribution in [1.82, 2.24) is 4.72 Å². The Kier molecular flexibility index (Phi) is 5.85. The van der Waals surface area contributed by atoms with Gasteiger partial charge in [0.25, 0.3) is 0 Å². The largest absolute Gasteiger partial charge is 0.390 e. The van der Waals surface area contributed by atoms with Gasteiger partial charge >= 0.3 is 6.18 Å². The number of sulfonamides is 1. The third-order valence-corrected chi connectivity index (χ3v) is 7.72. The molecule has 1 aliphatic rings. The predicted octanol–water partition coefficient (Wildman–Crippen LogP) is 2.42. The second-order valence-corrected chi connectivity index (χ2v) is 10.5. The Morgan fingerprint density at radius 3 is 2.36 bits per heavy atom. The van der Waals surface area contributed by atoms with Crippen LogP contribution in [0.3, 0.4) is 0 Å². The molecular formula is C15H20F3NO4S2. The summed E-state index contributed by atoms with van der Waals surface area (Å²) < 4.78 is 86.3. The molecule has 2 rings (SSSR count). The Bertz CT molecular complexity index is 813. The Morgan fingerprint density at radius 1 is 1.16 bits per heavy atom. The summed E-state index contributed by atoms with van der Waals surface area (Å²) in [7, 11) is -7.48. The molecule has 142 valence electrons. The van der Waals surface area contributed by atoms with Gasteiger partial charge in [-0.1, -0.05) is 12.1 Å². The molecule has 1 aliphatic carbocycles. The number of benzene rings is 1. The third kappa shape index (κ3) is 5.68. The lowest BCUT2D eigenvalue weighted by Crippen LogP contribution is -2.42. The first-order valence-corrected chi connectivity index (χ1v) is 10.9. The van der Waals surface area contributed by atoms with Gasteiger partial charge in [-0.15, -0.1) is 0 Å². The standard InChI is InChI=1S/C15H20F3NO4S2/c1-11-3-2-4-13(7-11)25(22,23)14-8-12(9-14)10-19-24(20,21)6-5-15(16,17)18/h2-4,7,12,14,19H,5-6,8-10H2,1H3/t12-,14-. The van der Waals surface area contributed by atoms with Crippen molar-refractivity contribution in [3.8, 4) is 0 Å². The highest BCUT2D eigenvalue weighted by atomic mass is 32.2. The summed E-state index contributed by atoms with van der Waals surface area (Å²) in [5, 5.41) is -0.584. The van der Waals surface area contributed by atoms with Crippen LogP contribution in [0.4, 0.5) is 13.2 Å². The quantitative estimate of drug-likeness (QED) is 0.764. The maximum Gasteiger partial charge on any atom is 0.390 e. The van der Waals surface area contributed by atoms with Crippen LogP contribution >= 0.6 is 0 Å². The minimum Gasteiger partial charge on any atom is -0.223 e. The van der Waals surface area contributed by atoms with Crippen LogP contribution in [-0.4, -0.2) is 40.6 Å². The van der Waals surface area contributed by atoms with Gasteiger partial charge in [0.2, 0.25) is 10.0 Å². The van der Waals surface area contributed by atoms with E-state index in [0.717, 1.165) is 5.56 Å². The molecule has 25 heavy (non-hydrogen) atoms. The summed E-state index contributed by atoms with van der Waals surface area (Å²) in [6.45, 7) is 1.75. The molecular weight excluding hydrogens is 379 g/mol. The van der Waals surface area contributed by atoms with Gasteiger partial charge < -0.3 is 0 Å². The Balaban J connectivity index is 1.84. The fraction of sp³-hybridized carbons (Fsp3) is 0.600. The first-order valence-electron chi connectivity index (χ1n) is 7.74. The number of hydrogen-bond acceptors (Lipinski definition) is 4. The molecule has 0 amide bonds. The molecule has 0 aliphatic heterocycles. The third-order valence-electron chi connectivity index (χ3n) is 4.20. The number of hydrogen-bond donors (Lipinski definition) is 1. The van der Waals surface area contributed by atoms with E-state index in [1.807, 2.05) is 0 Å². The fourth-order valence-corrected chi connectivity index (χ4v) is 5.83. The zero-order valence-electron chi connectivity index (χ0n) is 13.6. The average molecular weight is 399 g/mol. The van der Waals surface area contributed by atoms with E-state index in [-0.39, 0.29) is 30.2 Å². The topological polar surface area (TPSA) is 80.3 Å². The number of sulfone groups is 1. The Morgan fingerprint density at radius 2 is 1.80 bits per heavy atom. The second kappa shape index (κ2) is 7.24. The van der Waals surface area contributed by atoms with E-state index in [4.69, 9.17) is 0 Å². The van der Waals surface area contributed by atoms with Crippen molar-refractivity contribution in [2.45, 2.75) is 42.5 Å². The van der Waals surface area contributed by atoms with Crippen molar-refractivity contribution in [3.05, 3.63) is 29.8 Å². The van der Waals surface area contributed by atoms with E-state index in [1.165, 1.54) is 6.07 Å². The van der Waals surface area contributed by atoms with Crippen molar-refractivity contribution >= 4 is 19.9 Å². The van der Waals surface area contributed by atoms with Gasteiger partial charge in [0.05, 0.1) is 22.3 Å². The van der Waals surface area contributed by atoms with Crippen LogP contribution in [0, 0.1) is 12.8 Å². The lowest BCUT2D eigenvalue weighted by Gasteiger charge is -2.34. The smallest absolute Gasteiger partial charge is 0.223 e. The van der Waals surface area contributed by atoms with Crippen LogP contribution in [0.5, 0.6) is 0 Å². The van der Waals surface area contributed by atoms with Gasteiger partial charge in [0.15, 0.2) is 9.84 Å². The molecule has 0 heterocycles. The molecule has 5 nitrogen and oxygen atoms in total. The molecule has 1 aromatic carbocycles. The van der Waals surface area contributed by atoms with Crippen LogP contribution in [0.2, 0.25) is 0 Å². The van der Waals surface area contributed by atoms with Gasteiger partial charge in [-0.2, -0.15) is 13.2 Å². The van der Waals surface area contributed by atoms with Crippen molar-refractivity contribution in [3.63, 3.8) is 0 Å². The number of aryl methyl sites for hydroxylation is 1. The zero-order chi connectivity index (χ0) is 18.9. The SMILES string of the molecule is Cc1cccc(S(=O)(=O)[C@H]2C[C@H](CNS(=O)(=O)CCC(F)(F)F)C2)c1. The molecule has 0 radical (unpaired) electrons. The molecule has 0 unspecified atom stereocenters. The number of alkyl halides is 3. The molecule has 1 N–H and O–H groups in total. The lowest BCUT2D eigenvalue weighted by atomic mass is 9.85. The van der Waals surface area contributed by atoms with E-state index < -0.39 is 43.5 Å². The van der Waals surface area contributed by atoms with E-state index >= 15 is 0 Å². The monoisotopic (exact) mass is 399 g/mol. The first-order chi connectivity index (χ1) is 11.4. The van der Waals surface area contributed by atoms with Crippen molar-refractivity contribution in [2.75, 3.05) is 12.3 Å². The van der Waals surface area contributed by atoms with E-state index in [0.29, 0.717) is 0 Å². The van der Waals surface area contributed by atoms with Crippen LogP contribution in [0.25, 0.3) is 0 Å².